The number of anilines is 1. The minimum atomic E-state index is -4.33. The molecule has 3 fully saturated rings. The molecule has 0 aromatic carbocycles. The number of piperazine rings is 1. The van der Waals surface area contributed by atoms with Crippen molar-refractivity contribution in [1.29, 1.82) is 0 Å². The van der Waals surface area contributed by atoms with Crippen LogP contribution in [0.5, 0.6) is 0 Å². The summed E-state index contributed by atoms with van der Waals surface area (Å²) in [6, 6.07) is 2.56. The number of hydrogen-bond donors (Lipinski definition) is 0. The number of fused-ring (bicyclic) bond motifs is 2. The van der Waals surface area contributed by atoms with E-state index >= 15 is 0 Å². The Bertz CT molecular complexity index is 653. The van der Waals surface area contributed by atoms with Crippen molar-refractivity contribution in [3.63, 3.8) is 0 Å². The van der Waals surface area contributed by atoms with E-state index in [1.165, 1.54) is 31.7 Å². The highest BCUT2D eigenvalue weighted by Gasteiger charge is 2.41. The molecule has 3 atom stereocenters. The van der Waals surface area contributed by atoms with E-state index in [4.69, 9.17) is 0 Å². The molecule has 2 bridgehead atoms. The largest absolute Gasteiger partial charge is 0.419 e. The number of rotatable bonds is 3. The monoisotopic (exact) mass is 368 g/mol. The van der Waals surface area contributed by atoms with Crippen molar-refractivity contribution in [1.82, 2.24) is 4.90 Å². The molecule has 1 saturated heterocycles. The number of aromatic amines is 1. The van der Waals surface area contributed by atoms with E-state index in [0.717, 1.165) is 24.1 Å². The minimum Gasteiger partial charge on any atom is -0.335 e. The van der Waals surface area contributed by atoms with Crippen molar-refractivity contribution in [2.24, 2.45) is 17.8 Å². The van der Waals surface area contributed by atoms with Gasteiger partial charge < -0.3 is 4.90 Å². The fourth-order valence-electron chi connectivity index (χ4n) is 4.97. The van der Waals surface area contributed by atoms with Gasteiger partial charge in [-0.15, -0.1) is 0 Å². The van der Waals surface area contributed by atoms with Crippen LogP contribution in [-0.2, 0) is 11.0 Å². The number of aromatic nitrogens is 1. The molecule has 3 aliphatic rings. The number of H-pyrrole nitrogens is 1. The smallest absolute Gasteiger partial charge is 0.335 e. The lowest BCUT2D eigenvalue weighted by Gasteiger charge is -2.32. The van der Waals surface area contributed by atoms with Gasteiger partial charge in [-0.25, -0.2) is 4.98 Å². The van der Waals surface area contributed by atoms with Crippen LogP contribution in [0.4, 0.5) is 19.0 Å². The molecular formula is C19H25F3N3O+. The fourth-order valence-corrected chi connectivity index (χ4v) is 4.97. The first kappa shape index (κ1) is 17.6. The van der Waals surface area contributed by atoms with Crippen molar-refractivity contribution in [2.45, 2.75) is 38.3 Å². The standard InChI is InChI=1S/C19H24F3N3O/c20-19(21,22)16-3-4-17(23-12-16)24-5-7-25(8-6-24)18(26)11-15-10-13-1-2-14(15)9-13/h3-4,12-15H,1-2,5-11H2/p+1/t13-,14-,15-/m1/s1. The summed E-state index contributed by atoms with van der Waals surface area (Å²) in [5.41, 5.74) is -0.680. The molecule has 1 N–H and O–H groups in total. The summed E-state index contributed by atoms with van der Waals surface area (Å²) in [6.45, 7) is 2.55. The third-order valence-corrected chi connectivity index (χ3v) is 6.42. The lowest BCUT2D eigenvalue weighted by Crippen LogP contribution is -2.50. The van der Waals surface area contributed by atoms with E-state index in [1.54, 1.807) is 0 Å². The Balaban J connectivity index is 1.29. The highest BCUT2D eigenvalue weighted by atomic mass is 19.4. The molecule has 4 nitrogen and oxygen atoms in total. The Hall–Kier alpha value is -1.79. The van der Waals surface area contributed by atoms with Gasteiger partial charge in [-0.1, -0.05) is 6.42 Å². The van der Waals surface area contributed by atoms with Crippen molar-refractivity contribution in [2.75, 3.05) is 31.1 Å². The number of amides is 1. The maximum atomic E-state index is 12.6. The van der Waals surface area contributed by atoms with E-state index in [2.05, 4.69) is 4.98 Å². The van der Waals surface area contributed by atoms with E-state index in [1.807, 2.05) is 9.80 Å². The summed E-state index contributed by atoms with van der Waals surface area (Å²) in [6.07, 6.45) is 2.51. The van der Waals surface area contributed by atoms with Gasteiger partial charge in [0, 0.05) is 12.5 Å². The van der Waals surface area contributed by atoms with Gasteiger partial charge in [0.1, 0.15) is 19.3 Å². The zero-order valence-corrected chi connectivity index (χ0v) is 14.8. The summed E-state index contributed by atoms with van der Waals surface area (Å²) in [7, 11) is 0. The summed E-state index contributed by atoms with van der Waals surface area (Å²) >= 11 is 0. The number of halogens is 3. The lowest BCUT2D eigenvalue weighted by atomic mass is 9.86. The van der Waals surface area contributed by atoms with E-state index in [9.17, 15) is 18.0 Å². The van der Waals surface area contributed by atoms with Crippen LogP contribution in [0.3, 0.4) is 0 Å². The van der Waals surface area contributed by atoms with Gasteiger partial charge >= 0.3 is 6.18 Å². The zero-order chi connectivity index (χ0) is 18.3. The Morgan fingerprint density at radius 3 is 2.42 bits per heavy atom. The normalized spacial score (nSPS) is 28.7. The third kappa shape index (κ3) is 3.53. The van der Waals surface area contributed by atoms with Crippen LogP contribution in [0.2, 0.25) is 0 Å². The highest BCUT2D eigenvalue weighted by molar-refractivity contribution is 5.76. The number of carbonyl (C=O) groups is 1. The Kier molecular flexibility index (Phi) is 4.57. The first-order chi connectivity index (χ1) is 12.4. The maximum absolute atomic E-state index is 12.6. The average Bonchev–Trinajstić information content (AvgIpc) is 3.24. The van der Waals surface area contributed by atoms with Crippen molar-refractivity contribution in [3.8, 4) is 0 Å². The van der Waals surface area contributed by atoms with Gasteiger partial charge in [-0.3, -0.25) is 9.69 Å². The number of pyridine rings is 1. The average molecular weight is 368 g/mol. The molecule has 0 spiro atoms. The number of alkyl halides is 3. The molecular weight excluding hydrogens is 343 g/mol. The van der Waals surface area contributed by atoms with E-state index in [0.29, 0.717) is 44.3 Å². The van der Waals surface area contributed by atoms with Gasteiger partial charge in [-0.05, 0) is 43.1 Å². The van der Waals surface area contributed by atoms with Gasteiger partial charge in [0.2, 0.25) is 5.91 Å². The van der Waals surface area contributed by atoms with Crippen LogP contribution >= 0.6 is 0 Å². The van der Waals surface area contributed by atoms with Crippen molar-refractivity contribution >= 4 is 11.7 Å². The van der Waals surface area contributed by atoms with Crippen LogP contribution in [-0.4, -0.2) is 37.0 Å². The maximum Gasteiger partial charge on any atom is 0.419 e. The second-order valence-corrected chi connectivity index (χ2v) is 7.97. The molecule has 1 aromatic rings. The second kappa shape index (κ2) is 6.74. The molecule has 0 radical (unpaired) electrons. The third-order valence-electron chi connectivity index (χ3n) is 6.42. The van der Waals surface area contributed by atoms with Crippen LogP contribution in [0.15, 0.2) is 18.3 Å². The molecule has 2 saturated carbocycles. The van der Waals surface area contributed by atoms with Crippen molar-refractivity contribution in [3.05, 3.63) is 23.9 Å². The quantitative estimate of drug-likeness (QED) is 0.823. The molecule has 1 aliphatic heterocycles. The number of hydrogen-bond acceptors (Lipinski definition) is 2. The van der Waals surface area contributed by atoms with Gasteiger partial charge in [0.25, 0.3) is 5.82 Å². The van der Waals surface area contributed by atoms with Crippen LogP contribution in [0.1, 0.15) is 37.7 Å². The SMILES string of the molecule is O=C(C[C@H]1C[C@@H]2CC[C@@H]1C2)N1CCN(c2ccc(C(F)(F)F)c[nH+]2)CC1. The number of carbonyl (C=O) groups excluding carboxylic acids is 1. The van der Waals surface area contributed by atoms with Crippen molar-refractivity contribution < 1.29 is 22.9 Å². The Labute approximate surface area is 151 Å². The number of nitrogens with zero attached hydrogens (tertiary/aromatic N) is 2. The molecule has 26 heavy (non-hydrogen) atoms. The summed E-state index contributed by atoms with van der Waals surface area (Å²) in [4.78, 5) is 19.3. The molecule has 0 unspecified atom stereocenters. The fraction of sp³-hybridized carbons (Fsp3) is 0.684. The van der Waals surface area contributed by atoms with Crippen LogP contribution < -0.4 is 9.88 Å². The Morgan fingerprint density at radius 2 is 1.88 bits per heavy atom. The molecule has 2 aliphatic carbocycles. The predicted molar refractivity (Wildman–Crippen MR) is 90.3 cm³/mol. The highest BCUT2D eigenvalue weighted by Crippen LogP contribution is 2.49. The topological polar surface area (TPSA) is 37.7 Å². The van der Waals surface area contributed by atoms with Crippen LogP contribution in [0, 0.1) is 17.8 Å². The van der Waals surface area contributed by atoms with Gasteiger partial charge in [0.15, 0.2) is 0 Å². The summed E-state index contributed by atoms with van der Waals surface area (Å²) in [5, 5.41) is 0. The summed E-state index contributed by atoms with van der Waals surface area (Å²) < 4.78 is 37.9. The first-order valence-corrected chi connectivity index (χ1v) is 9.52. The Morgan fingerprint density at radius 1 is 1.12 bits per heavy atom. The number of nitrogens with one attached hydrogen (secondary N) is 1. The van der Waals surface area contributed by atoms with E-state index in [-0.39, 0.29) is 5.91 Å². The minimum absolute atomic E-state index is 0.249. The first-order valence-electron chi connectivity index (χ1n) is 9.52. The predicted octanol–water partition coefficient (Wildman–Crippen LogP) is 2.99. The van der Waals surface area contributed by atoms with Gasteiger partial charge in [0.05, 0.1) is 18.7 Å². The van der Waals surface area contributed by atoms with Gasteiger partial charge in [-0.2, -0.15) is 13.2 Å². The zero-order valence-electron chi connectivity index (χ0n) is 14.8. The molecule has 142 valence electrons. The van der Waals surface area contributed by atoms with E-state index < -0.39 is 11.7 Å². The molecule has 4 rings (SSSR count). The molecule has 2 heterocycles. The molecule has 1 aromatic heterocycles. The molecule has 1 amide bonds. The van der Waals surface area contributed by atoms with Crippen LogP contribution in [0.25, 0.3) is 0 Å². The summed E-state index contributed by atoms with van der Waals surface area (Å²) in [5.74, 6) is 3.09. The second-order valence-electron chi connectivity index (χ2n) is 7.97. The molecule has 7 heteroatoms. The lowest BCUT2D eigenvalue weighted by molar-refractivity contribution is -0.367.